The Labute approximate surface area is 166 Å². The summed E-state index contributed by atoms with van der Waals surface area (Å²) >= 11 is 0. The van der Waals surface area contributed by atoms with Gasteiger partial charge in [0, 0.05) is 11.1 Å². The fraction of sp³-hybridized carbons (Fsp3) is 0.148. The van der Waals surface area contributed by atoms with E-state index in [2.05, 4.69) is 68.4 Å². The lowest BCUT2D eigenvalue weighted by atomic mass is 9.89. The van der Waals surface area contributed by atoms with Crippen LogP contribution in [0.15, 0.2) is 91.0 Å². The van der Waals surface area contributed by atoms with Gasteiger partial charge < -0.3 is 0 Å². The van der Waals surface area contributed by atoms with Crippen LogP contribution in [0.4, 0.5) is 0 Å². The second-order valence-electron chi connectivity index (χ2n) is 7.55. The van der Waals surface area contributed by atoms with E-state index in [0.29, 0.717) is 5.92 Å². The Balaban J connectivity index is 1.60. The summed E-state index contributed by atoms with van der Waals surface area (Å²) in [7, 11) is 0. The highest BCUT2D eigenvalue weighted by atomic mass is 16.1. The molecule has 0 aliphatic rings. The molecule has 0 bridgehead atoms. The van der Waals surface area contributed by atoms with Crippen molar-refractivity contribution in [1.82, 2.24) is 0 Å². The number of carbonyl (C=O) groups is 1. The van der Waals surface area contributed by atoms with Crippen LogP contribution in [-0.2, 0) is 6.42 Å². The van der Waals surface area contributed by atoms with Gasteiger partial charge in [-0.15, -0.1) is 0 Å². The van der Waals surface area contributed by atoms with Gasteiger partial charge in [-0.1, -0.05) is 91.9 Å². The lowest BCUT2D eigenvalue weighted by Crippen LogP contribution is -2.05. The van der Waals surface area contributed by atoms with Crippen molar-refractivity contribution in [3.63, 3.8) is 0 Å². The summed E-state index contributed by atoms with van der Waals surface area (Å²) in [4.78, 5) is 12.8. The molecule has 0 spiro atoms. The van der Waals surface area contributed by atoms with Crippen LogP contribution in [0.25, 0.3) is 10.8 Å². The molecule has 0 aliphatic carbocycles. The molecular formula is C27H24O. The van der Waals surface area contributed by atoms with Gasteiger partial charge in [-0.25, -0.2) is 0 Å². The molecule has 1 heteroatoms. The second kappa shape index (κ2) is 7.82. The van der Waals surface area contributed by atoms with Gasteiger partial charge in [-0.2, -0.15) is 0 Å². The van der Waals surface area contributed by atoms with E-state index in [1.54, 1.807) is 0 Å². The van der Waals surface area contributed by atoms with Crippen molar-refractivity contribution in [3.05, 3.63) is 119 Å². The largest absolute Gasteiger partial charge is 0.289 e. The lowest BCUT2D eigenvalue weighted by molar-refractivity contribution is 0.103. The minimum absolute atomic E-state index is 0.0835. The smallest absolute Gasteiger partial charge is 0.193 e. The molecule has 0 aliphatic heterocycles. The van der Waals surface area contributed by atoms with Crippen molar-refractivity contribution >= 4 is 16.6 Å². The molecule has 0 saturated heterocycles. The van der Waals surface area contributed by atoms with Gasteiger partial charge in [0.15, 0.2) is 5.78 Å². The van der Waals surface area contributed by atoms with E-state index < -0.39 is 0 Å². The fourth-order valence-electron chi connectivity index (χ4n) is 3.75. The number of aryl methyl sites for hydroxylation is 1. The maximum absolute atomic E-state index is 12.8. The average Bonchev–Trinajstić information content (AvgIpc) is 2.75. The van der Waals surface area contributed by atoms with Crippen LogP contribution < -0.4 is 0 Å². The van der Waals surface area contributed by atoms with Crippen LogP contribution in [0, 0.1) is 6.92 Å². The maximum atomic E-state index is 12.8. The first-order chi connectivity index (χ1) is 13.6. The van der Waals surface area contributed by atoms with Crippen LogP contribution in [0.3, 0.4) is 0 Å². The first kappa shape index (κ1) is 18.2. The fourth-order valence-corrected chi connectivity index (χ4v) is 3.75. The van der Waals surface area contributed by atoms with Gasteiger partial charge >= 0.3 is 0 Å². The van der Waals surface area contributed by atoms with Crippen LogP contribution in [-0.4, -0.2) is 5.78 Å². The van der Waals surface area contributed by atoms with Gasteiger partial charge in [0.25, 0.3) is 0 Å². The highest BCUT2D eigenvalue weighted by Gasteiger charge is 2.13. The number of rotatable bonds is 5. The first-order valence-electron chi connectivity index (χ1n) is 9.80. The van der Waals surface area contributed by atoms with E-state index in [9.17, 15) is 4.79 Å². The Morgan fingerprint density at radius 1 is 0.750 bits per heavy atom. The molecule has 0 heterocycles. The summed E-state index contributed by atoms with van der Waals surface area (Å²) in [6.07, 6.45) is 0.917. The quantitative estimate of drug-likeness (QED) is 0.359. The molecule has 0 radical (unpaired) electrons. The molecule has 0 amide bonds. The summed E-state index contributed by atoms with van der Waals surface area (Å²) in [6.45, 7) is 4.38. The van der Waals surface area contributed by atoms with E-state index in [-0.39, 0.29) is 5.78 Å². The number of carbonyl (C=O) groups excluding carboxylic acids is 1. The molecular weight excluding hydrogens is 340 g/mol. The summed E-state index contributed by atoms with van der Waals surface area (Å²) in [5.41, 5.74) is 5.30. The highest BCUT2D eigenvalue weighted by Crippen LogP contribution is 2.26. The number of hydrogen-bond acceptors (Lipinski definition) is 1. The molecule has 1 atom stereocenters. The number of fused-ring (bicyclic) bond motifs is 1. The van der Waals surface area contributed by atoms with E-state index in [1.165, 1.54) is 27.5 Å². The van der Waals surface area contributed by atoms with Crippen molar-refractivity contribution < 1.29 is 4.79 Å². The molecule has 0 N–H and O–H groups in total. The van der Waals surface area contributed by atoms with Crippen molar-refractivity contribution in [2.24, 2.45) is 0 Å². The second-order valence-corrected chi connectivity index (χ2v) is 7.55. The van der Waals surface area contributed by atoms with E-state index in [4.69, 9.17) is 0 Å². The van der Waals surface area contributed by atoms with Gasteiger partial charge in [-0.3, -0.25) is 4.79 Å². The van der Waals surface area contributed by atoms with E-state index in [0.717, 1.165) is 17.5 Å². The van der Waals surface area contributed by atoms with Gasteiger partial charge in [0.05, 0.1) is 0 Å². The highest BCUT2D eigenvalue weighted by molar-refractivity contribution is 6.09. The van der Waals surface area contributed by atoms with E-state index in [1.807, 2.05) is 36.4 Å². The van der Waals surface area contributed by atoms with Crippen LogP contribution in [0.1, 0.15) is 45.5 Å². The first-order valence-corrected chi connectivity index (χ1v) is 9.80. The van der Waals surface area contributed by atoms with Gasteiger partial charge in [-0.05, 0) is 52.8 Å². The molecule has 4 rings (SSSR count). The average molecular weight is 364 g/mol. The Kier molecular flexibility index (Phi) is 5.08. The molecule has 4 aromatic carbocycles. The predicted octanol–water partition coefficient (Wildman–Crippen LogP) is 6.73. The van der Waals surface area contributed by atoms with Crippen molar-refractivity contribution in [3.8, 4) is 0 Å². The maximum Gasteiger partial charge on any atom is 0.193 e. The molecule has 1 unspecified atom stereocenters. The number of ketones is 1. The Bertz CT molecular complexity index is 1130. The van der Waals surface area contributed by atoms with Crippen LogP contribution >= 0.6 is 0 Å². The summed E-state index contributed by atoms with van der Waals surface area (Å²) in [5, 5.41) is 2.54. The van der Waals surface area contributed by atoms with Crippen LogP contribution in [0.5, 0.6) is 0 Å². The minimum atomic E-state index is 0.0835. The van der Waals surface area contributed by atoms with Crippen LogP contribution in [0.2, 0.25) is 0 Å². The zero-order chi connectivity index (χ0) is 19.5. The Morgan fingerprint density at radius 2 is 1.46 bits per heavy atom. The third kappa shape index (κ3) is 3.75. The summed E-state index contributed by atoms with van der Waals surface area (Å²) in [5.74, 6) is 0.464. The predicted molar refractivity (Wildman–Crippen MR) is 117 cm³/mol. The third-order valence-electron chi connectivity index (χ3n) is 5.52. The topological polar surface area (TPSA) is 17.1 Å². The standard InChI is InChI=1S/C27H24O/c1-19-12-13-25(27(28)22-9-4-3-5-10-22)18-26(19)16-20(2)23-15-14-21-8-6-7-11-24(21)17-23/h3-15,17-18,20H,16H2,1-2H3. The van der Waals surface area contributed by atoms with Crippen molar-refractivity contribution in [2.45, 2.75) is 26.2 Å². The monoisotopic (exact) mass is 364 g/mol. The Hall–Kier alpha value is -3.19. The van der Waals surface area contributed by atoms with Crippen molar-refractivity contribution in [2.75, 3.05) is 0 Å². The third-order valence-corrected chi connectivity index (χ3v) is 5.52. The molecule has 0 fully saturated rings. The normalized spacial score (nSPS) is 12.1. The van der Waals surface area contributed by atoms with E-state index >= 15 is 0 Å². The summed E-state index contributed by atoms with van der Waals surface area (Å²) in [6, 6.07) is 30.7. The zero-order valence-corrected chi connectivity index (χ0v) is 16.4. The molecule has 4 aromatic rings. The zero-order valence-electron chi connectivity index (χ0n) is 16.4. The molecule has 0 aromatic heterocycles. The number of hydrogen-bond donors (Lipinski definition) is 0. The lowest BCUT2D eigenvalue weighted by Gasteiger charge is -2.16. The Morgan fingerprint density at radius 3 is 2.25 bits per heavy atom. The van der Waals surface area contributed by atoms with Crippen molar-refractivity contribution in [1.29, 1.82) is 0 Å². The molecule has 0 saturated carbocycles. The van der Waals surface area contributed by atoms with Gasteiger partial charge in [0.2, 0.25) is 0 Å². The number of benzene rings is 4. The summed E-state index contributed by atoms with van der Waals surface area (Å²) < 4.78 is 0. The molecule has 138 valence electrons. The minimum Gasteiger partial charge on any atom is -0.289 e. The molecule has 28 heavy (non-hydrogen) atoms. The SMILES string of the molecule is Cc1ccc(C(=O)c2ccccc2)cc1CC(C)c1ccc2ccccc2c1. The molecule has 1 nitrogen and oxygen atoms in total. The van der Waals surface area contributed by atoms with Gasteiger partial charge in [0.1, 0.15) is 0 Å².